The molecule has 0 saturated carbocycles. The largest absolute Gasteiger partial charge is 0.384 e. The zero-order valence-electron chi connectivity index (χ0n) is 23.7. The predicted molar refractivity (Wildman–Crippen MR) is 162 cm³/mol. The van der Waals surface area contributed by atoms with E-state index in [0.717, 1.165) is 5.56 Å². The molecule has 2 aromatic rings. The Morgan fingerprint density at radius 1 is 0.810 bits per heavy atom. The topological polar surface area (TPSA) is 266 Å². The zero-order chi connectivity index (χ0) is 31.4. The number of hydrogen-bond acceptors (Lipinski definition) is 7. The van der Waals surface area contributed by atoms with Crippen LogP contribution in [-0.4, -0.2) is 56.5 Å². The monoisotopic (exact) mass is 600 g/mol. The molecule has 0 radical (unpaired) electrons. The van der Waals surface area contributed by atoms with Crippen LogP contribution in [0.1, 0.15) is 48.9 Å². The number of benzene rings is 2. The van der Waals surface area contributed by atoms with Gasteiger partial charge in [0.2, 0.25) is 21.8 Å². The molecule has 0 aliphatic rings. The van der Waals surface area contributed by atoms with Gasteiger partial charge in [-0.15, -0.1) is 0 Å². The average Bonchev–Trinajstić information content (AvgIpc) is 2.92. The van der Waals surface area contributed by atoms with Gasteiger partial charge in [-0.1, -0.05) is 62.4 Å². The second-order valence-electron chi connectivity index (χ2n) is 10.1. The Hall–Kier alpha value is -4.50. The number of carbonyl (C=O) groups is 2. The lowest BCUT2D eigenvalue weighted by atomic mass is 10.0. The van der Waals surface area contributed by atoms with Gasteiger partial charge in [-0.3, -0.25) is 25.8 Å². The third kappa shape index (κ3) is 11.2. The van der Waals surface area contributed by atoms with E-state index in [0.29, 0.717) is 29.7 Å². The van der Waals surface area contributed by atoms with E-state index in [9.17, 15) is 18.0 Å². The molecule has 0 bridgehead atoms. The van der Waals surface area contributed by atoms with Crippen LogP contribution < -0.4 is 37.9 Å². The van der Waals surface area contributed by atoms with Crippen LogP contribution in [0.5, 0.6) is 0 Å². The summed E-state index contributed by atoms with van der Waals surface area (Å²) in [5.74, 6) is -2.41. The number of nitrogens with two attached hydrogens (primary N) is 3. The van der Waals surface area contributed by atoms with E-state index in [1.165, 1.54) is 0 Å². The van der Waals surface area contributed by atoms with Crippen LogP contribution in [0, 0.1) is 22.1 Å². The summed E-state index contributed by atoms with van der Waals surface area (Å²) in [6.07, 6.45) is 0.584. The van der Waals surface area contributed by atoms with Gasteiger partial charge in [0.05, 0.1) is 5.75 Å². The SMILES string of the molecule is CC(C)[C@H](NS(=O)(=O)Cc1ccc(C(=N)N)cc1)C(=O)N[C@@H](CCCNC(=N)N)C(=O)NCc1ccc(C(=N)N)cc1. The first-order valence-electron chi connectivity index (χ1n) is 13.2. The van der Waals surface area contributed by atoms with Gasteiger partial charge >= 0.3 is 0 Å². The molecule has 228 valence electrons. The summed E-state index contributed by atoms with van der Waals surface area (Å²) < 4.78 is 28.4. The molecule has 14 nitrogen and oxygen atoms in total. The first-order chi connectivity index (χ1) is 19.7. The van der Waals surface area contributed by atoms with Crippen LogP contribution in [0.4, 0.5) is 0 Å². The first-order valence-corrected chi connectivity index (χ1v) is 14.9. The summed E-state index contributed by atoms with van der Waals surface area (Å²) in [6.45, 7) is 3.82. The normalized spacial score (nSPS) is 12.6. The Labute approximate surface area is 245 Å². The Morgan fingerprint density at radius 3 is 1.81 bits per heavy atom. The molecule has 0 unspecified atom stereocenters. The molecule has 0 saturated heterocycles. The van der Waals surface area contributed by atoms with E-state index in [1.807, 2.05) is 0 Å². The van der Waals surface area contributed by atoms with Crippen molar-refractivity contribution in [2.24, 2.45) is 23.1 Å². The minimum absolute atomic E-state index is 0.0752. The molecule has 15 heteroatoms. The first kappa shape index (κ1) is 33.7. The third-order valence-electron chi connectivity index (χ3n) is 6.23. The molecule has 0 heterocycles. The van der Waals surface area contributed by atoms with Gasteiger partial charge in [-0.2, -0.15) is 0 Å². The summed E-state index contributed by atoms with van der Waals surface area (Å²) in [4.78, 5) is 26.4. The minimum Gasteiger partial charge on any atom is -0.384 e. The average molecular weight is 601 g/mol. The predicted octanol–water partition coefficient (Wildman–Crippen LogP) is -0.237. The third-order valence-corrected chi connectivity index (χ3v) is 7.55. The highest BCUT2D eigenvalue weighted by atomic mass is 32.2. The summed E-state index contributed by atoms with van der Waals surface area (Å²) in [7, 11) is -3.97. The molecule has 0 fully saturated rings. The van der Waals surface area contributed by atoms with Crippen molar-refractivity contribution in [2.45, 2.75) is 51.1 Å². The lowest BCUT2D eigenvalue weighted by Crippen LogP contribution is -2.55. The van der Waals surface area contributed by atoms with E-state index >= 15 is 0 Å². The van der Waals surface area contributed by atoms with Crippen molar-refractivity contribution >= 4 is 39.5 Å². The lowest BCUT2D eigenvalue weighted by molar-refractivity contribution is -0.130. The van der Waals surface area contributed by atoms with E-state index in [-0.39, 0.29) is 30.6 Å². The zero-order valence-corrected chi connectivity index (χ0v) is 24.5. The van der Waals surface area contributed by atoms with Gasteiger partial charge in [0.1, 0.15) is 23.8 Å². The quantitative estimate of drug-likeness (QED) is 0.0696. The molecule has 2 atom stereocenters. The van der Waals surface area contributed by atoms with Gasteiger partial charge in [0, 0.05) is 24.2 Å². The summed E-state index contributed by atoms with van der Waals surface area (Å²) >= 11 is 0. The second-order valence-corrected chi connectivity index (χ2v) is 11.8. The molecule has 0 aliphatic carbocycles. The number of nitrogen functional groups attached to an aromatic ring is 2. The molecule has 2 rings (SSSR count). The van der Waals surface area contributed by atoms with Crippen molar-refractivity contribution < 1.29 is 18.0 Å². The van der Waals surface area contributed by atoms with Crippen molar-refractivity contribution in [3.05, 3.63) is 70.8 Å². The number of amides is 2. The van der Waals surface area contributed by atoms with Gasteiger partial charge in [-0.05, 0) is 29.9 Å². The maximum absolute atomic E-state index is 13.3. The summed E-state index contributed by atoms with van der Waals surface area (Å²) in [5, 5.41) is 30.4. The van der Waals surface area contributed by atoms with Crippen molar-refractivity contribution in [1.29, 1.82) is 16.2 Å². The number of amidine groups is 2. The Kier molecular flexibility index (Phi) is 12.4. The molecule has 0 aromatic heterocycles. The fraction of sp³-hybridized carbons (Fsp3) is 0.370. The number of nitrogens with one attached hydrogen (secondary N) is 7. The van der Waals surface area contributed by atoms with Gasteiger partial charge in [0.25, 0.3) is 0 Å². The van der Waals surface area contributed by atoms with Crippen LogP contribution in [0.25, 0.3) is 0 Å². The molecule has 13 N–H and O–H groups in total. The van der Waals surface area contributed by atoms with Crippen molar-refractivity contribution in [3.63, 3.8) is 0 Å². The minimum atomic E-state index is -3.97. The second kappa shape index (κ2) is 15.5. The van der Waals surface area contributed by atoms with E-state index < -0.39 is 45.6 Å². The summed E-state index contributed by atoms with van der Waals surface area (Å²) in [5.41, 5.74) is 18.4. The van der Waals surface area contributed by atoms with Crippen LogP contribution in [0.3, 0.4) is 0 Å². The van der Waals surface area contributed by atoms with Crippen LogP contribution in [0.2, 0.25) is 0 Å². The van der Waals surface area contributed by atoms with E-state index in [2.05, 4.69) is 20.7 Å². The number of carbonyl (C=O) groups excluding carboxylic acids is 2. The maximum atomic E-state index is 13.3. The smallest absolute Gasteiger partial charge is 0.242 e. The number of hydrogen-bond donors (Lipinski definition) is 10. The van der Waals surface area contributed by atoms with E-state index in [1.54, 1.807) is 62.4 Å². The lowest BCUT2D eigenvalue weighted by Gasteiger charge is -2.25. The number of guanidine groups is 1. The molecule has 0 aliphatic heterocycles. The van der Waals surface area contributed by atoms with Gasteiger partial charge < -0.3 is 33.2 Å². The molecular weight excluding hydrogens is 560 g/mol. The molecular formula is C27H40N10O4S. The number of rotatable bonds is 16. The van der Waals surface area contributed by atoms with Crippen LogP contribution >= 0.6 is 0 Å². The maximum Gasteiger partial charge on any atom is 0.242 e. The highest BCUT2D eigenvalue weighted by Crippen LogP contribution is 2.12. The fourth-order valence-electron chi connectivity index (χ4n) is 3.90. The van der Waals surface area contributed by atoms with Crippen LogP contribution in [0.15, 0.2) is 48.5 Å². The van der Waals surface area contributed by atoms with Crippen molar-refractivity contribution in [3.8, 4) is 0 Å². The van der Waals surface area contributed by atoms with Crippen molar-refractivity contribution in [2.75, 3.05) is 6.54 Å². The Bertz CT molecular complexity index is 1380. The standard InChI is InChI=1S/C27H40N10O4S/c1-16(2)22(37-42(40,41)15-18-7-11-20(12-8-18)24(30)31)26(39)36-21(4-3-13-34-27(32)33)25(38)35-14-17-5-9-19(10-6-17)23(28)29/h5-12,16,21-22,37H,3-4,13-15H2,1-2H3,(H3,28,29)(H3,30,31)(H,35,38)(H,36,39)(H4,32,33,34)/t21-,22-/m0/s1. The highest BCUT2D eigenvalue weighted by molar-refractivity contribution is 7.88. The van der Waals surface area contributed by atoms with Crippen LogP contribution in [-0.2, 0) is 31.9 Å². The van der Waals surface area contributed by atoms with Gasteiger partial charge in [-0.25, -0.2) is 13.1 Å². The Morgan fingerprint density at radius 2 is 1.33 bits per heavy atom. The number of sulfonamides is 1. The van der Waals surface area contributed by atoms with Crippen molar-refractivity contribution in [1.82, 2.24) is 20.7 Å². The Balaban J connectivity index is 2.12. The molecule has 2 amide bonds. The molecule has 42 heavy (non-hydrogen) atoms. The molecule has 2 aromatic carbocycles. The van der Waals surface area contributed by atoms with Gasteiger partial charge in [0.15, 0.2) is 5.96 Å². The molecule has 0 spiro atoms. The summed E-state index contributed by atoms with van der Waals surface area (Å²) in [6, 6.07) is 10.8. The highest BCUT2D eigenvalue weighted by Gasteiger charge is 2.30. The van der Waals surface area contributed by atoms with E-state index in [4.69, 9.17) is 33.4 Å². The fourth-order valence-corrected chi connectivity index (χ4v) is 5.38.